The highest BCUT2D eigenvalue weighted by Crippen LogP contribution is 2.07. The standard InChI is InChI=1S/C7H17NO3S/c1-6(2)8(7(3)4)11-12(5,9)10/h6-7H,1-5H3. The third-order valence-corrected chi connectivity index (χ3v) is 1.68. The van der Waals surface area contributed by atoms with Crippen molar-refractivity contribution in [3.05, 3.63) is 0 Å². The molecule has 4 nitrogen and oxygen atoms in total. The van der Waals surface area contributed by atoms with E-state index in [2.05, 4.69) is 0 Å². The van der Waals surface area contributed by atoms with Gasteiger partial charge in [-0.3, -0.25) is 0 Å². The van der Waals surface area contributed by atoms with Crippen LogP contribution in [0.1, 0.15) is 27.7 Å². The molecule has 0 aromatic carbocycles. The highest BCUT2D eigenvalue weighted by Gasteiger charge is 2.18. The van der Waals surface area contributed by atoms with Gasteiger partial charge in [-0.2, -0.15) is 17.8 Å². The quantitative estimate of drug-likeness (QED) is 0.628. The van der Waals surface area contributed by atoms with Crippen LogP contribution in [-0.2, 0) is 14.4 Å². The summed E-state index contributed by atoms with van der Waals surface area (Å²) in [6, 6.07) is 0.111. The number of hydrogen-bond donors (Lipinski definition) is 0. The second-order valence-electron chi connectivity index (χ2n) is 3.33. The zero-order chi connectivity index (χ0) is 9.94. The first-order chi connectivity index (χ1) is 5.24. The summed E-state index contributed by atoms with van der Waals surface area (Å²) >= 11 is 0. The summed E-state index contributed by atoms with van der Waals surface area (Å²) in [5.41, 5.74) is 0. The highest BCUT2D eigenvalue weighted by molar-refractivity contribution is 7.85. The Kier molecular flexibility index (Phi) is 4.16. The molecule has 0 aromatic heterocycles. The van der Waals surface area contributed by atoms with Crippen LogP contribution in [0.4, 0.5) is 0 Å². The monoisotopic (exact) mass is 195 g/mol. The lowest BCUT2D eigenvalue weighted by Crippen LogP contribution is -2.38. The van der Waals surface area contributed by atoms with Gasteiger partial charge in [-0.05, 0) is 27.7 Å². The molecule has 0 atom stereocenters. The van der Waals surface area contributed by atoms with Crippen molar-refractivity contribution in [2.45, 2.75) is 39.8 Å². The van der Waals surface area contributed by atoms with Crippen LogP contribution in [0.25, 0.3) is 0 Å². The predicted molar refractivity (Wildman–Crippen MR) is 48.0 cm³/mol. The minimum atomic E-state index is -3.39. The largest absolute Gasteiger partial charge is 0.280 e. The van der Waals surface area contributed by atoms with Crippen LogP contribution in [0.3, 0.4) is 0 Å². The van der Waals surface area contributed by atoms with Gasteiger partial charge in [0.15, 0.2) is 0 Å². The molecule has 12 heavy (non-hydrogen) atoms. The van der Waals surface area contributed by atoms with Crippen LogP contribution in [0.5, 0.6) is 0 Å². The van der Waals surface area contributed by atoms with E-state index in [9.17, 15) is 8.42 Å². The van der Waals surface area contributed by atoms with E-state index in [1.54, 1.807) is 0 Å². The van der Waals surface area contributed by atoms with E-state index in [0.717, 1.165) is 6.26 Å². The van der Waals surface area contributed by atoms with Gasteiger partial charge in [0.2, 0.25) is 0 Å². The van der Waals surface area contributed by atoms with Gasteiger partial charge < -0.3 is 0 Å². The SMILES string of the molecule is CC(C)N(OS(C)(=O)=O)C(C)C. The fourth-order valence-corrected chi connectivity index (χ4v) is 1.58. The second-order valence-corrected chi connectivity index (χ2v) is 4.88. The molecule has 0 fully saturated rings. The molecule has 0 saturated carbocycles. The van der Waals surface area contributed by atoms with Gasteiger partial charge >= 0.3 is 0 Å². The maximum Gasteiger partial charge on any atom is 0.280 e. The summed E-state index contributed by atoms with van der Waals surface area (Å²) in [5, 5.41) is 1.45. The van der Waals surface area contributed by atoms with E-state index < -0.39 is 10.1 Å². The first kappa shape index (κ1) is 11.9. The summed E-state index contributed by atoms with van der Waals surface area (Å²) in [6.45, 7) is 7.52. The third kappa shape index (κ3) is 4.69. The second kappa shape index (κ2) is 4.20. The minimum absolute atomic E-state index is 0.0553. The van der Waals surface area contributed by atoms with Crippen LogP contribution in [-0.4, -0.2) is 31.8 Å². The average molecular weight is 195 g/mol. The normalized spacial score (nSPS) is 13.3. The molecule has 0 aromatic rings. The van der Waals surface area contributed by atoms with Crippen molar-refractivity contribution in [1.29, 1.82) is 0 Å². The Morgan fingerprint density at radius 2 is 1.42 bits per heavy atom. The van der Waals surface area contributed by atoms with Crippen molar-refractivity contribution in [3.8, 4) is 0 Å². The van der Waals surface area contributed by atoms with E-state index >= 15 is 0 Å². The molecule has 0 N–H and O–H groups in total. The number of hydroxylamine groups is 2. The zero-order valence-corrected chi connectivity index (χ0v) is 9.05. The van der Waals surface area contributed by atoms with E-state index in [0.29, 0.717) is 0 Å². The van der Waals surface area contributed by atoms with E-state index in [1.165, 1.54) is 5.06 Å². The van der Waals surface area contributed by atoms with Gasteiger partial charge in [-0.25, -0.2) is 0 Å². The Morgan fingerprint density at radius 3 is 1.50 bits per heavy atom. The molecule has 0 saturated heterocycles. The Morgan fingerprint density at radius 1 is 1.08 bits per heavy atom. The van der Waals surface area contributed by atoms with Crippen molar-refractivity contribution in [1.82, 2.24) is 5.06 Å². The van der Waals surface area contributed by atoms with Gasteiger partial charge in [-0.15, -0.1) is 0 Å². The molecule has 0 aliphatic heterocycles. The third-order valence-electron chi connectivity index (χ3n) is 1.24. The molecule has 74 valence electrons. The molecule has 0 bridgehead atoms. The molecule has 0 heterocycles. The van der Waals surface area contributed by atoms with Gasteiger partial charge in [0.1, 0.15) is 0 Å². The lowest BCUT2D eigenvalue weighted by molar-refractivity contribution is -0.104. The Bertz CT molecular complexity index is 213. The molecule has 0 aliphatic carbocycles. The summed E-state index contributed by atoms with van der Waals surface area (Å²) < 4.78 is 26.3. The van der Waals surface area contributed by atoms with E-state index in [1.807, 2.05) is 27.7 Å². The van der Waals surface area contributed by atoms with Crippen LogP contribution in [0.2, 0.25) is 0 Å². The molecule has 0 unspecified atom stereocenters. The molecule has 5 heteroatoms. The first-order valence-electron chi connectivity index (χ1n) is 3.92. The van der Waals surface area contributed by atoms with E-state index in [-0.39, 0.29) is 12.1 Å². The van der Waals surface area contributed by atoms with Gasteiger partial charge in [0.05, 0.1) is 6.26 Å². The molecule has 0 amide bonds. The summed E-state index contributed by atoms with van der Waals surface area (Å²) in [5.74, 6) is 0. The summed E-state index contributed by atoms with van der Waals surface area (Å²) in [4.78, 5) is 0. The Hall–Kier alpha value is -0.130. The van der Waals surface area contributed by atoms with Gasteiger partial charge in [-0.1, -0.05) is 0 Å². The molecular weight excluding hydrogens is 178 g/mol. The fourth-order valence-electron chi connectivity index (χ4n) is 0.925. The minimum Gasteiger partial charge on any atom is -0.198 e. The summed E-state index contributed by atoms with van der Waals surface area (Å²) in [7, 11) is -3.39. The first-order valence-corrected chi connectivity index (χ1v) is 5.73. The van der Waals surface area contributed by atoms with E-state index in [4.69, 9.17) is 4.28 Å². The smallest absolute Gasteiger partial charge is 0.198 e. The van der Waals surface area contributed by atoms with Crippen LogP contribution in [0.15, 0.2) is 0 Å². The van der Waals surface area contributed by atoms with Crippen LogP contribution < -0.4 is 0 Å². The maximum atomic E-state index is 10.8. The van der Waals surface area contributed by atoms with Crippen molar-refractivity contribution in [2.75, 3.05) is 6.26 Å². The molecule has 0 rings (SSSR count). The Balaban J connectivity index is 4.35. The number of hydrogen-bond acceptors (Lipinski definition) is 4. The van der Waals surface area contributed by atoms with Gasteiger partial charge in [0, 0.05) is 12.1 Å². The predicted octanol–water partition coefficient (Wildman–Crippen LogP) is 0.996. The van der Waals surface area contributed by atoms with Crippen molar-refractivity contribution in [3.63, 3.8) is 0 Å². The number of rotatable bonds is 4. The van der Waals surface area contributed by atoms with Crippen molar-refractivity contribution < 1.29 is 12.7 Å². The zero-order valence-electron chi connectivity index (χ0n) is 8.23. The topological polar surface area (TPSA) is 46.6 Å². The molecular formula is C7H17NO3S. The lowest BCUT2D eigenvalue weighted by Gasteiger charge is -2.27. The highest BCUT2D eigenvalue weighted by atomic mass is 32.2. The molecule has 0 aliphatic rings. The van der Waals surface area contributed by atoms with Crippen LogP contribution >= 0.6 is 0 Å². The summed E-state index contributed by atoms with van der Waals surface area (Å²) in [6.07, 6.45) is 1.05. The maximum absolute atomic E-state index is 10.8. The lowest BCUT2D eigenvalue weighted by atomic mass is 10.3. The number of nitrogens with zero attached hydrogens (tertiary/aromatic N) is 1. The van der Waals surface area contributed by atoms with Gasteiger partial charge in [0.25, 0.3) is 10.1 Å². The Labute approximate surface area is 74.6 Å². The average Bonchev–Trinajstić information content (AvgIpc) is 1.79. The van der Waals surface area contributed by atoms with Crippen molar-refractivity contribution in [2.24, 2.45) is 0 Å². The molecule has 0 spiro atoms. The fraction of sp³-hybridized carbons (Fsp3) is 1.00. The molecule has 0 radical (unpaired) electrons. The van der Waals surface area contributed by atoms with Crippen LogP contribution in [0, 0.1) is 0 Å². The van der Waals surface area contributed by atoms with Crippen molar-refractivity contribution >= 4 is 10.1 Å².